The normalized spacial score (nSPS) is 25.2. The van der Waals surface area contributed by atoms with Crippen molar-refractivity contribution in [3.05, 3.63) is 65.5 Å². The Morgan fingerprint density at radius 2 is 1.52 bits per heavy atom. The molecule has 0 aromatic heterocycles. The Morgan fingerprint density at radius 1 is 0.952 bits per heavy atom. The van der Waals surface area contributed by atoms with Crippen LogP contribution in [0.5, 0.6) is 0 Å². The summed E-state index contributed by atoms with van der Waals surface area (Å²) < 4.78 is 40.8. The van der Waals surface area contributed by atoms with Crippen molar-refractivity contribution in [2.24, 2.45) is 17.8 Å². The number of nitrogens with zero attached hydrogens (tertiary/aromatic N) is 2. The molecular formula is C33H44FN3O4S. The summed E-state index contributed by atoms with van der Waals surface area (Å²) in [6.07, 6.45) is 9.89. The minimum Gasteiger partial charge on any atom is -0.354 e. The van der Waals surface area contributed by atoms with Gasteiger partial charge in [0.2, 0.25) is 21.8 Å². The topological polar surface area (TPSA) is 86.8 Å². The van der Waals surface area contributed by atoms with E-state index in [1.807, 2.05) is 26.0 Å². The molecule has 6 rings (SSSR count). The van der Waals surface area contributed by atoms with Crippen LogP contribution in [0.3, 0.4) is 0 Å². The maximum Gasteiger partial charge on any atom is 0.244 e. The van der Waals surface area contributed by atoms with Crippen molar-refractivity contribution in [3.8, 4) is 0 Å². The molecule has 4 aliphatic carbocycles. The molecule has 0 unspecified atom stereocenters. The van der Waals surface area contributed by atoms with Crippen LogP contribution in [-0.4, -0.2) is 50.5 Å². The highest BCUT2D eigenvalue weighted by atomic mass is 32.2. The summed E-state index contributed by atoms with van der Waals surface area (Å²) in [7, 11) is -3.81. The fourth-order valence-electron chi connectivity index (χ4n) is 8.13. The van der Waals surface area contributed by atoms with Crippen LogP contribution in [0.2, 0.25) is 0 Å². The maximum atomic E-state index is 13.9. The number of halogens is 1. The smallest absolute Gasteiger partial charge is 0.244 e. The van der Waals surface area contributed by atoms with Gasteiger partial charge in [0.1, 0.15) is 18.4 Å². The third-order valence-electron chi connectivity index (χ3n) is 9.69. The molecule has 2 amide bonds. The third-order valence-corrected chi connectivity index (χ3v) is 10.8. The second-order valence-corrected chi connectivity index (χ2v) is 14.8. The number of nitrogens with one attached hydrogen (secondary N) is 1. The lowest BCUT2D eigenvalue weighted by atomic mass is 9.48. The summed E-state index contributed by atoms with van der Waals surface area (Å²) in [6, 6.07) is 12.8. The van der Waals surface area contributed by atoms with Crippen LogP contribution in [0.4, 0.5) is 10.1 Å². The molecule has 9 heteroatoms. The highest BCUT2D eigenvalue weighted by Crippen LogP contribution is 2.60. The van der Waals surface area contributed by atoms with Crippen LogP contribution >= 0.6 is 0 Å². The Balaban J connectivity index is 1.39. The van der Waals surface area contributed by atoms with Crippen molar-refractivity contribution >= 4 is 27.5 Å². The molecule has 2 aromatic carbocycles. The average molecular weight is 598 g/mol. The molecule has 0 heterocycles. The first-order valence-electron chi connectivity index (χ1n) is 15.4. The van der Waals surface area contributed by atoms with E-state index in [1.54, 1.807) is 12.1 Å². The van der Waals surface area contributed by atoms with Gasteiger partial charge in [0.25, 0.3) is 0 Å². The second-order valence-electron chi connectivity index (χ2n) is 12.9. The summed E-state index contributed by atoms with van der Waals surface area (Å²) in [5.41, 5.74) is 2.55. The molecule has 0 spiro atoms. The number of benzene rings is 2. The summed E-state index contributed by atoms with van der Waals surface area (Å²) in [6.45, 7) is 3.85. The largest absolute Gasteiger partial charge is 0.354 e. The average Bonchev–Trinajstić information content (AvgIpc) is 2.94. The van der Waals surface area contributed by atoms with E-state index in [-0.39, 0.29) is 17.9 Å². The first-order chi connectivity index (χ1) is 20.0. The Morgan fingerprint density at radius 3 is 2.02 bits per heavy atom. The SMILES string of the molecule is CCCNC(=O)[C@H](CC)N(Cc1ccc(F)cc1)C(=O)CN(c1ccc(C23CC4CC(CC(C4)C2)C3)cc1)S(C)(=O)=O. The Bertz CT molecular complexity index is 1340. The molecule has 0 aliphatic heterocycles. The second kappa shape index (κ2) is 12.3. The van der Waals surface area contributed by atoms with E-state index in [9.17, 15) is 22.4 Å². The number of amides is 2. The van der Waals surface area contributed by atoms with Gasteiger partial charge in [-0.05, 0) is 110 Å². The Kier molecular flexibility index (Phi) is 8.97. The van der Waals surface area contributed by atoms with E-state index in [2.05, 4.69) is 17.4 Å². The molecule has 0 radical (unpaired) electrons. The summed E-state index contributed by atoms with van der Waals surface area (Å²) >= 11 is 0. The van der Waals surface area contributed by atoms with Crippen LogP contribution in [0.25, 0.3) is 0 Å². The van der Waals surface area contributed by atoms with E-state index in [4.69, 9.17) is 0 Å². The predicted octanol–water partition coefficient (Wildman–Crippen LogP) is 5.39. The maximum absolute atomic E-state index is 13.9. The van der Waals surface area contributed by atoms with Crippen molar-refractivity contribution in [1.29, 1.82) is 0 Å². The summed E-state index contributed by atoms with van der Waals surface area (Å²) in [4.78, 5) is 28.4. The quantitative estimate of drug-likeness (QED) is 0.355. The molecule has 42 heavy (non-hydrogen) atoms. The first kappa shape index (κ1) is 30.5. The lowest BCUT2D eigenvalue weighted by Crippen LogP contribution is -2.52. The van der Waals surface area contributed by atoms with Gasteiger partial charge in [0.05, 0.1) is 11.9 Å². The van der Waals surface area contributed by atoms with Gasteiger partial charge in [0.15, 0.2) is 0 Å². The van der Waals surface area contributed by atoms with Crippen LogP contribution < -0.4 is 9.62 Å². The van der Waals surface area contributed by atoms with E-state index >= 15 is 0 Å². The summed E-state index contributed by atoms with van der Waals surface area (Å²) in [5, 5.41) is 2.86. The van der Waals surface area contributed by atoms with Crippen molar-refractivity contribution in [3.63, 3.8) is 0 Å². The van der Waals surface area contributed by atoms with Gasteiger partial charge in [-0.15, -0.1) is 0 Å². The van der Waals surface area contributed by atoms with Crippen molar-refractivity contribution in [2.75, 3.05) is 23.7 Å². The van der Waals surface area contributed by atoms with Gasteiger partial charge in [-0.25, -0.2) is 12.8 Å². The van der Waals surface area contributed by atoms with Gasteiger partial charge in [-0.2, -0.15) is 0 Å². The fraction of sp³-hybridized carbons (Fsp3) is 0.576. The number of hydrogen-bond donors (Lipinski definition) is 1. The lowest BCUT2D eigenvalue weighted by molar-refractivity contribution is -0.140. The Labute approximate surface area is 249 Å². The van der Waals surface area contributed by atoms with Gasteiger partial charge < -0.3 is 10.2 Å². The number of hydrogen-bond acceptors (Lipinski definition) is 4. The zero-order valence-electron chi connectivity index (χ0n) is 25.0. The lowest BCUT2D eigenvalue weighted by Gasteiger charge is -2.57. The predicted molar refractivity (Wildman–Crippen MR) is 163 cm³/mol. The third kappa shape index (κ3) is 6.51. The van der Waals surface area contributed by atoms with Crippen LogP contribution in [0.1, 0.15) is 76.3 Å². The van der Waals surface area contributed by atoms with Gasteiger partial charge >= 0.3 is 0 Å². The molecule has 0 saturated heterocycles. The van der Waals surface area contributed by atoms with Crippen LogP contribution in [0, 0.1) is 23.6 Å². The number of anilines is 1. The fourth-order valence-corrected chi connectivity index (χ4v) is 8.98. The van der Waals surface area contributed by atoms with Gasteiger partial charge in [-0.3, -0.25) is 13.9 Å². The minimum atomic E-state index is -3.81. The first-order valence-corrected chi connectivity index (χ1v) is 17.3. The van der Waals surface area contributed by atoms with E-state index in [0.717, 1.165) is 34.7 Å². The van der Waals surface area contributed by atoms with Crippen LogP contribution in [-0.2, 0) is 31.6 Å². The monoisotopic (exact) mass is 597 g/mol. The number of carbonyl (C=O) groups is 2. The van der Waals surface area contributed by atoms with E-state index in [0.29, 0.717) is 24.2 Å². The number of carbonyl (C=O) groups excluding carboxylic acids is 2. The Hall–Kier alpha value is -2.94. The van der Waals surface area contributed by atoms with E-state index in [1.165, 1.54) is 61.1 Å². The zero-order chi connectivity index (χ0) is 30.1. The highest BCUT2D eigenvalue weighted by Gasteiger charge is 2.51. The molecule has 228 valence electrons. The molecule has 4 saturated carbocycles. The van der Waals surface area contributed by atoms with Crippen molar-refractivity contribution < 1.29 is 22.4 Å². The van der Waals surface area contributed by atoms with Gasteiger partial charge in [-0.1, -0.05) is 38.1 Å². The molecule has 4 aliphatic rings. The highest BCUT2D eigenvalue weighted by molar-refractivity contribution is 7.92. The number of rotatable bonds is 12. The zero-order valence-corrected chi connectivity index (χ0v) is 25.8. The molecule has 1 N–H and O–H groups in total. The molecule has 7 nitrogen and oxygen atoms in total. The number of sulfonamides is 1. The molecule has 2 aromatic rings. The summed E-state index contributed by atoms with van der Waals surface area (Å²) in [5.74, 6) is 1.22. The molecule has 4 fully saturated rings. The van der Waals surface area contributed by atoms with E-state index < -0.39 is 34.3 Å². The van der Waals surface area contributed by atoms with Gasteiger partial charge in [0, 0.05) is 13.1 Å². The molecule has 1 atom stereocenters. The van der Waals surface area contributed by atoms with Crippen LogP contribution in [0.15, 0.2) is 48.5 Å². The minimum absolute atomic E-state index is 0.0553. The van der Waals surface area contributed by atoms with Crippen molar-refractivity contribution in [1.82, 2.24) is 10.2 Å². The molecular weight excluding hydrogens is 553 g/mol. The standard InChI is InChI=1S/C33H44FN3O4S/c1-4-14-35-32(39)30(5-2)36(21-23-6-10-28(34)11-7-23)31(38)22-37(42(3,40)41)29-12-8-27(9-13-29)33-18-24-15-25(19-33)17-26(16-24)20-33/h6-13,24-26,30H,4-5,14-22H2,1-3H3,(H,35,39)/t24?,25?,26?,30-,33?/m0/s1. The molecule has 4 bridgehead atoms. The van der Waals surface area contributed by atoms with Crippen molar-refractivity contribution in [2.45, 2.75) is 83.2 Å².